The molecule has 1 aliphatic heterocycles. The van der Waals surface area contributed by atoms with Gasteiger partial charge in [0.25, 0.3) is 0 Å². The van der Waals surface area contributed by atoms with Crippen LogP contribution in [0, 0.1) is 6.92 Å². The van der Waals surface area contributed by atoms with Gasteiger partial charge in [-0.2, -0.15) is 0 Å². The van der Waals surface area contributed by atoms with Crippen LogP contribution in [-0.2, 0) is 19.4 Å². The molecule has 1 heterocycles. The fourth-order valence-corrected chi connectivity index (χ4v) is 3.25. The predicted octanol–water partition coefficient (Wildman–Crippen LogP) is 1.82. The smallest absolute Gasteiger partial charge is 0.349 e. The Morgan fingerprint density at radius 3 is 2.56 bits per heavy atom. The van der Waals surface area contributed by atoms with Gasteiger partial charge in [-0.1, -0.05) is 29.8 Å². The lowest BCUT2D eigenvalue weighted by atomic mass is 10.1. The zero-order valence-electron chi connectivity index (χ0n) is 10.0. The summed E-state index contributed by atoms with van der Waals surface area (Å²) in [6.07, 6.45) is 2.70. The molecule has 1 aromatic carbocycles. The highest BCUT2D eigenvalue weighted by Crippen LogP contribution is 2.33. The van der Waals surface area contributed by atoms with Gasteiger partial charge in [-0.25, -0.2) is 13.2 Å². The SMILES string of the molecule is COC(=O)C1=CC=C(c2cccc(C)c2)S1(=O)=O. The van der Waals surface area contributed by atoms with Crippen LogP contribution in [0.5, 0.6) is 0 Å². The summed E-state index contributed by atoms with van der Waals surface area (Å²) in [4.78, 5) is 11.2. The fourth-order valence-electron chi connectivity index (χ4n) is 1.78. The molecule has 0 atom stereocenters. The van der Waals surface area contributed by atoms with Crippen molar-refractivity contribution in [3.8, 4) is 0 Å². The van der Waals surface area contributed by atoms with Gasteiger partial charge in [0.2, 0.25) is 9.84 Å². The monoisotopic (exact) mass is 264 g/mol. The Morgan fingerprint density at radius 2 is 1.94 bits per heavy atom. The Hall–Kier alpha value is -1.88. The molecule has 0 unspecified atom stereocenters. The van der Waals surface area contributed by atoms with Crippen LogP contribution in [-0.4, -0.2) is 21.5 Å². The average molecular weight is 264 g/mol. The predicted molar refractivity (Wildman–Crippen MR) is 68.2 cm³/mol. The molecule has 1 aliphatic rings. The molecule has 18 heavy (non-hydrogen) atoms. The van der Waals surface area contributed by atoms with Crippen LogP contribution in [0.1, 0.15) is 11.1 Å². The molecule has 0 spiro atoms. The van der Waals surface area contributed by atoms with Gasteiger partial charge in [0.15, 0.2) is 4.91 Å². The molecule has 0 saturated heterocycles. The Labute approximate surface area is 106 Å². The number of methoxy groups -OCH3 is 1. The van der Waals surface area contributed by atoms with E-state index in [0.29, 0.717) is 5.56 Å². The summed E-state index contributed by atoms with van der Waals surface area (Å²) in [6, 6.07) is 7.11. The zero-order valence-corrected chi connectivity index (χ0v) is 10.8. The lowest BCUT2D eigenvalue weighted by molar-refractivity contribution is -0.135. The quantitative estimate of drug-likeness (QED) is 0.764. The van der Waals surface area contributed by atoms with Crippen LogP contribution >= 0.6 is 0 Å². The summed E-state index contributed by atoms with van der Waals surface area (Å²) in [5.74, 6) is -0.839. The van der Waals surface area contributed by atoms with E-state index >= 15 is 0 Å². The lowest BCUT2D eigenvalue weighted by Crippen LogP contribution is -2.13. The van der Waals surface area contributed by atoms with Gasteiger partial charge in [-0.05, 0) is 24.6 Å². The molecule has 0 N–H and O–H groups in total. The molecular formula is C13H12O4S. The number of benzene rings is 1. The van der Waals surface area contributed by atoms with Crippen molar-refractivity contribution in [1.82, 2.24) is 0 Å². The number of hydrogen-bond acceptors (Lipinski definition) is 4. The molecule has 2 rings (SSSR count). The molecule has 0 saturated carbocycles. The summed E-state index contributed by atoms with van der Waals surface area (Å²) < 4.78 is 28.8. The summed E-state index contributed by atoms with van der Waals surface area (Å²) in [7, 11) is -2.61. The van der Waals surface area contributed by atoms with Crippen molar-refractivity contribution >= 4 is 20.7 Å². The molecular weight excluding hydrogens is 252 g/mol. The van der Waals surface area contributed by atoms with Gasteiger partial charge in [0, 0.05) is 0 Å². The van der Waals surface area contributed by atoms with Crippen molar-refractivity contribution in [1.29, 1.82) is 0 Å². The Morgan fingerprint density at radius 1 is 1.22 bits per heavy atom. The number of aryl methyl sites for hydroxylation is 1. The minimum absolute atomic E-state index is 0.131. The molecule has 1 aromatic rings. The van der Waals surface area contributed by atoms with Gasteiger partial charge in [0.1, 0.15) is 0 Å². The summed E-state index contributed by atoms with van der Waals surface area (Å²) in [5, 5.41) is 0. The lowest BCUT2D eigenvalue weighted by Gasteiger charge is -2.06. The Balaban J connectivity index is 2.45. The van der Waals surface area contributed by atoms with Crippen LogP contribution in [0.3, 0.4) is 0 Å². The maximum Gasteiger partial charge on any atom is 0.349 e. The molecule has 0 fully saturated rings. The Bertz CT molecular complexity index is 666. The molecule has 0 aliphatic carbocycles. The molecule has 94 valence electrons. The number of ether oxygens (including phenoxy) is 1. The Kier molecular flexibility index (Phi) is 3.09. The van der Waals surface area contributed by atoms with E-state index in [4.69, 9.17) is 0 Å². The highest BCUT2D eigenvalue weighted by Gasteiger charge is 2.33. The minimum Gasteiger partial charge on any atom is -0.465 e. The number of esters is 1. The summed E-state index contributed by atoms with van der Waals surface area (Å²) >= 11 is 0. The van der Waals surface area contributed by atoms with E-state index in [2.05, 4.69) is 4.74 Å². The molecule has 0 aromatic heterocycles. The number of carbonyl (C=O) groups is 1. The third kappa shape index (κ3) is 1.97. The van der Waals surface area contributed by atoms with Crippen LogP contribution in [0.2, 0.25) is 0 Å². The number of allylic oxidation sites excluding steroid dienone is 2. The first-order chi connectivity index (χ1) is 8.46. The van der Waals surface area contributed by atoms with Gasteiger partial charge in [-0.15, -0.1) is 0 Å². The normalized spacial score (nSPS) is 17.0. The molecule has 0 bridgehead atoms. The van der Waals surface area contributed by atoms with E-state index in [-0.39, 0.29) is 9.81 Å². The van der Waals surface area contributed by atoms with E-state index in [0.717, 1.165) is 12.7 Å². The van der Waals surface area contributed by atoms with Crippen molar-refractivity contribution in [3.05, 3.63) is 52.4 Å². The zero-order chi connectivity index (χ0) is 13.3. The third-order valence-corrected chi connectivity index (χ3v) is 4.49. The number of rotatable bonds is 2. The third-order valence-electron chi connectivity index (χ3n) is 2.65. The van der Waals surface area contributed by atoms with Gasteiger partial charge >= 0.3 is 5.97 Å². The highest BCUT2D eigenvalue weighted by atomic mass is 32.2. The van der Waals surface area contributed by atoms with Crippen LogP contribution in [0.25, 0.3) is 4.91 Å². The summed E-state index contributed by atoms with van der Waals surface area (Å²) in [5.41, 5.74) is 1.53. The fraction of sp³-hybridized carbons (Fsp3) is 0.154. The van der Waals surface area contributed by atoms with Crippen molar-refractivity contribution < 1.29 is 17.9 Å². The van der Waals surface area contributed by atoms with Crippen molar-refractivity contribution in [2.75, 3.05) is 7.11 Å². The maximum absolute atomic E-state index is 12.2. The first kappa shape index (κ1) is 12.6. The second kappa shape index (κ2) is 4.42. The van der Waals surface area contributed by atoms with Crippen molar-refractivity contribution in [2.24, 2.45) is 0 Å². The van der Waals surface area contributed by atoms with Gasteiger partial charge in [0.05, 0.1) is 12.0 Å². The van der Waals surface area contributed by atoms with Crippen molar-refractivity contribution in [2.45, 2.75) is 6.92 Å². The summed E-state index contributed by atoms with van der Waals surface area (Å²) in [6.45, 7) is 1.88. The van der Waals surface area contributed by atoms with Crippen LogP contribution < -0.4 is 0 Å². The van der Waals surface area contributed by atoms with Gasteiger partial charge in [-0.3, -0.25) is 0 Å². The van der Waals surface area contributed by atoms with E-state index in [9.17, 15) is 13.2 Å². The standard InChI is InChI=1S/C13H12O4S/c1-9-4-3-5-10(8-9)11-6-7-12(13(14)17-2)18(11,15)16/h3-8H,1-2H3. The van der Waals surface area contributed by atoms with E-state index in [1.54, 1.807) is 18.2 Å². The number of carbonyl (C=O) groups excluding carboxylic acids is 1. The maximum atomic E-state index is 12.2. The van der Waals surface area contributed by atoms with E-state index < -0.39 is 15.8 Å². The molecule has 4 nitrogen and oxygen atoms in total. The topological polar surface area (TPSA) is 60.4 Å². The number of hydrogen-bond donors (Lipinski definition) is 0. The second-order valence-electron chi connectivity index (χ2n) is 3.93. The average Bonchev–Trinajstić information content (AvgIpc) is 2.63. The molecule has 0 amide bonds. The molecule has 0 radical (unpaired) electrons. The van der Waals surface area contributed by atoms with E-state index in [1.165, 1.54) is 12.2 Å². The van der Waals surface area contributed by atoms with E-state index in [1.807, 2.05) is 13.0 Å². The first-order valence-corrected chi connectivity index (χ1v) is 6.77. The largest absolute Gasteiger partial charge is 0.465 e. The number of sulfone groups is 1. The van der Waals surface area contributed by atoms with Crippen LogP contribution in [0.15, 0.2) is 41.3 Å². The molecule has 5 heteroatoms. The second-order valence-corrected chi connectivity index (χ2v) is 5.81. The highest BCUT2D eigenvalue weighted by molar-refractivity contribution is 8.05. The van der Waals surface area contributed by atoms with Crippen molar-refractivity contribution in [3.63, 3.8) is 0 Å². The van der Waals surface area contributed by atoms with Gasteiger partial charge < -0.3 is 4.74 Å². The minimum atomic E-state index is -3.76. The first-order valence-electron chi connectivity index (χ1n) is 5.29. The van der Waals surface area contributed by atoms with Crippen LogP contribution in [0.4, 0.5) is 0 Å².